The van der Waals surface area contributed by atoms with Gasteiger partial charge in [-0.3, -0.25) is 14.4 Å². The number of methoxy groups -OCH3 is 1. The molecule has 4 amide bonds. The SMILES string of the molecule is COc1ccc(C[C@@H]2[C@H](O)[C@@H](O)CN2C(=O)CNC(=O)CNC(=O)[C@H](CC(C)(C)C)NC(=O)O)cc1. The summed E-state index contributed by atoms with van der Waals surface area (Å²) < 4.78 is 5.13. The number of nitrogens with zero attached hydrogens (tertiary/aromatic N) is 1. The highest BCUT2D eigenvalue weighted by molar-refractivity contribution is 5.91. The summed E-state index contributed by atoms with van der Waals surface area (Å²) in [5.41, 5.74) is 0.491. The van der Waals surface area contributed by atoms with E-state index in [2.05, 4.69) is 16.0 Å². The van der Waals surface area contributed by atoms with E-state index in [4.69, 9.17) is 9.84 Å². The summed E-state index contributed by atoms with van der Waals surface area (Å²) in [6.07, 6.45) is -3.10. The molecule has 1 saturated heterocycles. The molecule has 1 fully saturated rings. The average molecular weight is 509 g/mol. The maximum absolute atomic E-state index is 12.8. The lowest BCUT2D eigenvalue weighted by Crippen LogP contribution is -2.51. The monoisotopic (exact) mass is 508 g/mol. The van der Waals surface area contributed by atoms with Crippen molar-refractivity contribution in [2.75, 3.05) is 26.7 Å². The molecule has 0 saturated carbocycles. The molecular weight excluding hydrogens is 472 g/mol. The number of aliphatic hydroxyl groups excluding tert-OH is 2. The molecule has 1 aliphatic rings. The smallest absolute Gasteiger partial charge is 0.405 e. The molecule has 6 N–H and O–H groups in total. The normalized spacial score (nSPS) is 20.4. The van der Waals surface area contributed by atoms with Crippen LogP contribution in [0.2, 0.25) is 0 Å². The predicted molar refractivity (Wildman–Crippen MR) is 129 cm³/mol. The second-order valence-electron chi connectivity index (χ2n) is 9.98. The summed E-state index contributed by atoms with van der Waals surface area (Å²) >= 11 is 0. The zero-order valence-electron chi connectivity index (χ0n) is 21.0. The molecule has 0 aliphatic carbocycles. The number of rotatable bonds is 10. The zero-order chi connectivity index (χ0) is 27.0. The molecule has 1 aromatic carbocycles. The molecule has 1 aromatic rings. The van der Waals surface area contributed by atoms with Crippen LogP contribution in [0.4, 0.5) is 4.79 Å². The van der Waals surface area contributed by atoms with E-state index in [9.17, 15) is 29.4 Å². The van der Waals surface area contributed by atoms with Crippen LogP contribution in [0.15, 0.2) is 24.3 Å². The Morgan fingerprint density at radius 3 is 2.28 bits per heavy atom. The molecule has 0 unspecified atom stereocenters. The van der Waals surface area contributed by atoms with Gasteiger partial charge in [0.15, 0.2) is 0 Å². The Bertz CT molecular complexity index is 931. The van der Waals surface area contributed by atoms with E-state index >= 15 is 0 Å². The van der Waals surface area contributed by atoms with Crippen molar-refractivity contribution in [3.05, 3.63) is 29.8 Å². The van der Waals surface area contributed by atoms with Gasteiger partial charge in [0.2, 0.25) is 17.7 Å². The minimum absolute atomic E-state index is 0.0806. The molecule has 200 valence electrons. The van der Waals surface area contributed by atoms with Gasteiger partial charge in [-0.15, -0.1) is 0 Å². The fourth-order valence-corrected chi connectivity index (χ4v) is 4.01. The maximum Gasteiger partial charge on any atom is 0.405 e. The number of hydrogen-bond acceptors (Lipinski definition) is 7. The molecule has 0 bridgehead atoms. The number of benzene rings is 1. The number of carbonyl (C=O) groups excluding carboxylic acids is 3. The molecule has 12 nitrogen and oxygen atoms in total. The minimum atomic E-state index is -1.35. The van der Waals surface area contributed by atoms with Crippen molar-refractivity contribution in [1.82, 2.24) is 20.9 Å². The lowest BCUT2D eigenvalue weighted by molar-refractivity contribution is -0.134. The van der Waals surface area contributed by atoms with Gasteiger partial charge in [0.25, 0.3) is 0 Å². The lowest BCUT2D eigenvalue weighted by atomic mass is 9.88. The Labute approximate surface area is 210 Å². The fourth-order valence-electron chi connectivity index (χ4n) is 4.01. The number of carbonyl (C=O) groups is 4. The van der Waals surface area contributed by atoms with Crippen LogP contribution in [-0.4, -0.2) is 95.1 Å². The quantitative estimate of drug-likeness (QED) is 0.244. The summed E-state index contributed by atoms with van der Waals surface area (Å²) in [4.78, 5) is 49.7. The molecular formula is C24H36N4O8. The van der Waals surface area contributed by atoms with Crippen LogP contribution in [-0.2, 0) is 20.8 Å². The van der Waals surface area contributed by atoms with Gasteiger partial charge in [-0.25, -0.2) is 4.79 Å². The molecule has 4 atom stereocenters. The Morgan fingerprint density at radius 1 is 1.08 bits per heavy atom. The van der Waals surface area contributed by atoms with Crippen LogP contribution in [0.1, 0.15) is 32.8 Å². The second-order valence-corrected chi connectivity index (χ2v) is 9.98. The third kappa shape index (κ3) is 8.68. The molecule has 0 aromatic heterocycles. The summed E-state index contributed by atoms with van der Waals surface area (Å²) in [5, 5.41) is 36.4. The number of ether oxygens (including phenoxy) is 1. The molecule has 1 heterocycles. The summed E-state index contributed by atoms with van der Waals surface area (Å²) in [5.74, 6) is -1.13. The van der Waals surface area contributed by atoms with Crippen molar-refractivity contribution in [2.24, 2.45) is 5.41 Å². The minimum Gasteiger partial charge on any atom is -0.497 e. The topological polar surface area (TPSA) is 178 Å². The van der Waals surface area contributed by atoms with Crippen molar-refractivity contribution < 1.29 is 39.2 Å². The van der Waals surface area contributed by atoms with Crippen molar-refractivity contribution in [1.29, 1.82) is 0 Å². The third-order valence-corrected chi connectivity index (χ3v) is 5.79. The van der Waals surface area contributed by atoms with E-state index < -0.39 is 61.2 Å². The first kappa shape index (κ1) is 28.9. The first-order valence-electron chi connectivity index (χ1n) is 11.6. The highest BCUT2D eigenvalue weighted by Gasteiger charge is 2.42. The Morgan fingerprint density at radius 2 is 1.72 bits per heavy atom. The molecule has 0 spiro atoms. The lowest BCUT2D eigenvalue weighted by Gasteiger charge is -2.26. The van der Waals surface area contributed by atoms with Crippen molar-refractivity contribution >= 4 is 23.8 Å². The molecule has 1 aliphatic heterocycles. The van der Waals surface area contributed by atoms with E-state index in [-0.39, 0.29) is 18.4 Å². The Hall–Kier alpha value is -3.38. The van der Waals surface area contributed by atoms with Gasteiger partial charge in [-0.1, -0.05) is 32.9 Å². The van der Waals surface area contributed by atoms with Crippen LogP contribution in [0, 0.1) is 5.41 Å². The van der Waals surface area contributed by atoms with Gasteiger partial charge < -0.3 is 40.9 Å². The van der Waals surface area contributed by atoms with Crippen LogP contribution < -0.4 is 20.7 Å². The highest BCUT2D eigenvalue weighted by Crippen LogP contribution is 2.24. The number of hydrogen-bond donors (Lipinski definition) is 6. The maximum atomic E-state index is 12.8. The van der Waals surface area contributed by atoms with E-state index in [0.717, 1.165) is 5.56 Å². The predicted octanol–water partition coefficient (Wildman–Crippen LogP) is -0.525. The van der Waals surface area contributed by atoms with Gasteiger partial charge in [0.05, 0.1) is 32.3 Å². The number of likely N-dealkylation sites (tertiary alicyclic amines) is 1. The van der Waals surface area contributed by atoms with Gasteiger partial charge in [-0.2, -0.15) is 0 Å². The number of nitrogens with one attached hydrogen (secondary N) is 3. The van der Waals surface area contributed by atoms with Gasteiger partial charge in [0, 0.05) is 6.54 Å². The van der Waals surface area contributed by atoms with Crippen molar-refractivity contribution in [2.45, 2.75) is 57.9 Å². The van der Waals surface area contributed by atoms with Gasteiger partial charge in [0.1, 0.15) is 17.9 Å². The first-order chi connectivity index (χ1) is 16.8. The molecule has 12 heteroatoms. The first-order valence-corrected chi connectivity index (χ1v) is 11.6. The third-order valence-electron chi connectivity index (χ3n) is 5.79. The number of β-amino-alcohol motifs (C(OH)–C–C–N with tert-alkyl or cyclic N) is 1. The zero-order valence-corrected chi connectivity index (χ0v) is 21.0. The largest absolute Gasteiger partial charge is 0.497 e. The summed E-state index contributed by atoms with van der Waals surface area (Å²) in [6, 6.07) is 5.39. The highest BCUT2D eigenvalue weighted by atomic mass is 16.5. The van der Waals surface area contributed by atoms with E-state index in [1.807, 2.05) is 20.8 Å². The van der Waals surface area contributed by atoms with Crippen molar-refractivity contribution in [3.8, 4) is 5.75 Å². The molecule has 36 heavy (non-hydrogen) atoms. The van der Waals surface area contributed by atoms with Gasteiger partial charge >= 0.3 is 6.09 Å². The Kier molecular flexibility index (Phi) is 10.1. The van der Waals surface area contributed by atoms with Crippen LogP contribution in [0.25, 0.3) is 0 Å². The number of aliphatic hydroxyl groups is 2. The van der Waals surface area contributed by atoms with E-state index in [1.54, 1.807) is 31.4 Å². The van der Waals surface area contributed by atoms with E-state index in [1.165, 1.54) is 4.90 Å². The van der Waals surface area contributed by atoms with Crippen LogP contribution in [0.5, 0.6) is 5.75 Å². The second kappa shape index (κ2) is 12.5. The van der Waals surface area contributed by atoms with Crippen LogP contribution >= 0.6 is 0 Å². The van der Waals surface area contributed by atoms with Crippen molar-refractivity contribution in [3.63, 3.8) is 0 Å². The van der Waals surface area contributed by atoms with Gasteiger partial charge in [-0.05, 0) is 36.0 Å². The average Bonchev–Trinajstić information content (AvgIpc) is 3.08. The molecule has 2 rings (SSSR count). The van der Waals surface area contributed by atoms with Crippen LogP contribution in [0.3, 0.4) is 0 Å². The fraction of sp³-hybridized carbons (Fsp3) is 0.583. The molecule has 0 radical (unpaired) electrons. The Balaban J connectivity index is 1.90. The summed E-state index contributed by atoms with van der Waals surface area (Å²) in [6.45, 7) is 4.62. The van der Waals surface area contributed by atoms with E-state index in [0.29, 0.717) is 12.2 Å². The standard InChI is InChI=1S/C24H36N4O8/c1-24(2,3)10-16(27-23(34)35)22(33)26-11-19(30)25-12-20(31)28-13-18(29)21(32)17(28)9-14-5-7-15(36-4)8-6-14/h5-8,16-18,21,27,29,32H,9-13H2,1-4H3,(H,25,30)(H,26,33)(H,34,35)/t16-,17+,18-,21-/m0/s1. The summed E-state index contributed by atoms with van der Waals surface area (Å²) in [7, 11) is 1.55. The number of carboxylic acid groups (broad SMARTS) is 1. The number of amides is 4.